The van der Waals surface area contributed by atoms with E-state index < -0.39 is 7.80 Å². The summed E-state index contributed by atoms with van der Waals surface area (Å²) in [6, 6.07) is 8.88. The van der Waals surface area contributed by atoms with Gasteiger partial charge in [-0.25, -0.2) is 0 Å². The average Bonchev–Trinajstić information content (AvgIpc) is 2.63. The summed E-state index contributed by atoms with van der Waals surface area (Å²) in [6.45, 7) is 6.44. The van der Waals surface area contributed by atoms with Crippen LogP contribution in [0.15, 0.2) is 24.3 Å². The van der Waals surface area contributed by atoms with Crippen LogP contribution in [0.25, 0.3) is 0 Å². The minimum atomic E-state index is -1.77. The Morgan fingerprint density at radius 2 is 1.32 bits per heavy atom. The number of rotatable bonds is 4. The van der Waals surface area contributed by atoms with Crippen LogP contribution in [0.2, 0.25) is 0 Å². The van der Waals surface area contributed by atoms with Crippen LogP contribution in [0, 0.1) is 0 Å². The molecule has 2 aliphatic rings. The highest BCUT2D eigenvalue weighted by Crippen LogP contribution is 2.55. The first-order chi connectivity index (χ1) is 12.0. The molecule has 1 aromatic carbocycles. The van der Waals surface area contributed by atoms with E-state index in [-0.39, 0.29) is 13.1 Å². The molecule has 1 nitrogen and oxygen atoms in total. The lowest BCUT2D eigenvalue weighted by molar-refractivity contribution is 0.487. The molecule has 2 fully saturated rings. The molecular formula is C22H36OP2. The average molecular weight is 378 g/mol. The van der Waals surface area contributed by atoms with Crippen LogP contribution in [-0.4, -0.2) is 16.5 Å². The Morgan fingerprint density at radius 1 is 0.840 bits per heavy atom. The first-order valence-electron chi connectivity index (χ1n) is 10.4. The second kappa shape index (κ2) is 8.71. The zero-order valence-electron chi connectivity index (χ0n) is 16.4. The van der Waals surface area contributed by atoms with E-state index in [1.54, 1.807) is 0 Å². The second-order valence-electron chi connectivity index (χ2n) is 9.09. The van der Waals surface area contributed by atoms with E-state index in [4.69, 9.17) is 0 Å². The number of hydrogen-bond acceptors (Lipinski definition) is 1. The minimum absolute atomic E-state index is 0.110. The first kappa shape index (κ1) is 19.6. The van der Waals surface area contributed by atoms with E-state index >= 15 is 0 Å². The van der Waals surface area contributed by atoms with Gasteiger partial charge in [0.1, 0.15) is 7.80 Å². The third kappa shape index (κ3) is 4.78. The summed E-state index contributed by atoms with van der Waals surface area (Å²) < 4.78 is 13.4. The topological polar surface area (TPSA) is 17.1 Å². The summed E-state index contributed by atoms with van der Waals surface area (Å²) in [5.74, 6) is 0. The lowest BCUT2D eigenvalue weighted by Crippen LogP contribution is -2.33. The molecule has 2 aliphatic carbocycles. The van der Waals surface area contributed by atoms with Crippen LogP contribution in [0.3, 0.4) is 0 Å². The smallest absolute Gasteiger partial charge is 0.109 e. The fourth-order valence-electron chi connectivity index (χ4n) is 4.70. The van der Waals surface area contributed by atoms with Crippen molar-refractivity contribution in [1.29, 1.82) is 0 Å². The predicted octanol–water partition coefficient (Wildman–Crippen LogP) is 6.44. The van der Waals surface area contributed by atoms with Crippen molar-refractivity contribution in [3.05, 3.63) is 24.3 Å². The summed E-state index contributed by atoms with van der Waals surface area (Å²) in [5, 5.41) is 2.64. The first-order valence-corrected chi connectivity index (χ1v) is 13.3. The molecule has 1 unspecified atom stereocenters. The van der Waals surface area contributed by atoms with Crippen molar-refractivity contribution < 1.29 is 4.57 Å². The van der Waals surface area contributed by atoms with E-state index in [1.807, 2.05) is 0 Å². The molecule has 0 bridgehead atoms. The van der Waals surface area contributed by atoms with E-state index in [9.17, 15) is 4.57 Å². The van der Waals surface area contributed by atoms with E-state index in [2.05, 4.69) is 45.0 Å². The van der Waals surface area contributed by atoms with E-state index in [0.29, 0.717) is 0 Å². The van der Waals surface area contributed by atoms with Crippen molar-refractivity contribution in [2.45, 2.75) is 101 Å². The fraction of sp³-hybridized carbons (Fsp3) is 0.727. The Hall–Kier alpha value is -0.120. The van der Waals surface area contributed by atoms with Gasteiger partial charge >= 0.3 is 0 Å². The summed E-state index contributed by atoms with van der Waals surface area (Å²) in [6.07, 6.45) is 14.1. The number of hydrogen-bond donors (Lipinski definition) is 0. The maximum atomic E-state index is 13.4. The normalized spacial score (nSPS) is 22.2. The predicted molar refractivity (Wildman–Crippen MR) is 115 cm³/mol. The molecule has 0 amide bonds. The molecule has 25 heavy (non-hydrogen) atoms. The third-order valence-electron chi connectivity index (χ3n) is 6.04. The summed E-state index contributed by atoms with van der Waals surface area (Å²) in [4.78, 5) is 0. The molecule has 0 heterocycles. The molecule has 140 valence electrons. The van der Waals surface area contributed by atoms with Crippen molar-refractivity contribution in [2.75, 3.05) is 0 Å². The van der Waals surface area contributed by atoms with Gasteiger partial charge in [0.25, 0.3) is 0 Å². The van der Waals surface area contributed by atoms with Crippen LogP contribution in [0.5, 0.6) is 0 Å². The van der Waals surface area contributed by atoms with Crippen LogP contribution in [-0.2, 0) is 4.57 Å². The van der Waals surface area contributed by atoms with Crippen molar-refractivity contribution in [2.24, 2.45) is 0 Å². The molecule has 0 aromatic heterocycles. The molecule has 2 saturated carbocycles. The molecule has 0 saturated heterocycles. The molecule has 1 aromatic rings. The monoisotopic (exact) mass is 378 g/mol. The van der Waals surface area contributed by atoms with Crippen LogP contribution in [0.1, 0.15) is 85.0 Å². The molecule has 3 rings (SSSR count). The maximum Gasteiger partial charge on any atom is 0.109 e. The lowest BCUT2D eigenvalue weighted by atomic mass is 9.99. The summed E-state index contributed by atoms with van der Waals surface area (Å²) >= 11 is 0. The van der Waals surface area contributed by atoms with Gasteiger partial charge in [-0.3, -0.25) is 0 Å². The molecule has 0 N–H and O–H groups in total. The largest absolute Gasteiger partial charge is 0.321 e. The Balaban J connectivity index is 1.99. The standard InChI is InChI=1S/C22H36OP2/c1-22(2,3)25(23)21-17-11-10-16-20(21)24(18-12-6-4-7-13-18)19-14-8-5-9-15-19/h10-11,16-19,25H,4-9,12-15H2,1-3H3. The van der Waals surface area contributed by atoms with Crippen LogP contribution < -0.4 is 10.6 Å². The molecule has 1 atom stereocenters. The van der Waals surface area contributed by atoms with E-state index in [1.165, 1.54) is 74.8 Å². The summed E-state index contributed by atoms with van der Waals surface area (Å²) in [5.41, 5.74) is 1.76. The second-order valence-corrected chi connectivity index (χ2v) is 14.5. The molecule has 3 heteroatoms. The zero-order chi connectivity index (χ0) is 17.9. The van der Waals surface area contributed by atoms with Gasteiger partial charge in [-0.05, 0) is 42.3 Å². The Labute approximate surface area is 156 Å². The van der Waals surface area contributed by atoms with Gasteiger partial charge in [-0.1, -0.05) is 91.5 Å². The van der Waals surface area contributed by atoms with Gasteiger partial charge in [0.2, 0.25) is 0 Å². The Morgan fingerprint density at radius 3 is 1.80 bits per heavy atom. The summed E-state index contributed by atoms with van der Waals surface area (Å²) in [7, 11) is -1.93. The zero-order valence-corrected chi connectivity index (χ0v) is 18.3. The third-order valence-corrected chi connectivity index (χ3v) is 12.1. The minimum Gasteiger partial charge on any atom is -0.321 e. The fourth-order valence-corrected chi connectivity index (χ4v) is 10.6. The van der Waals surface area contributed by atoms with Gasteiger partial charge in [-0.2, -0.15) is 0 Å². The molecule has 0 spiro atoms. The quantitative estimate of drug-likeness (QED) is 0.551. The van der Waals surface area contributed by atoms with Crippen molar-refractivity contribution in [3.63, 3.8) is 0 Å². The van der Waals surface area contributed by atoms with Crippen molar-refractivity contribution >= 4 is 26.3 Å². The highest BCUT2D eigenvalue weighted by atomic mass is 31.1. The molecular weight excluding hydrogens is 342 g/mol. The van der Waals surface area contributed by atoms with Gasteiger partial charge < -0.3 is 4.57 Å². The van der Waals surface area contributed by atoms with Crippen molar-refractivity contribution in [1.82, 2.24) is 0 Å². The van der Waals surface area contributed by atoms with E-state index in [0.717, 1.165) is 11.3 Å². The van der Waals surface area contributed by atoms with Crippen LogP contribution in [0.4, 0.5) is 0 Å². The number of benzene rings is 1. The van der Waals surface area contributed by atoms with Gasteiger partial charge in [0, 0.05) is 10.5 Å². The SMILES string of the molecule is CC(C)(C)[PH](=O)c1ccccc1P(C1CCCCC1)C1CCCCC1. The molecule has 0 aliphatic heterocycles. The van der Waals surface area contributed by atoms with Crippen LogP contribution >= 0.6 is 15.7 Å². The highest BCUT2D eigenvalue weighted by Gasteiger charge is 2.35. The van der Waals surface area contributed by atoms with Gasteiger partial charge in [0.05, 0.1) is 0 Å². The lowest BCUT2D eigenvalue weighted by Gasteiger charge is -2.40. The molecule has 0 radical (unpaired) electrons. The highest BCUT2D eigenvalue weighted by molar-refractivity contribution is 7.70. The van der Waals surface area contributed by atoms with Gasteiger partial charge in [-0.15, -0.1) is 0 Å². The maximum absolute atomic E-state index is 13.4. The van der Waals surface area contributed by atoms with Crippen molar-refractivity contribution in [3.8, 4) is 0 Å². The van der Waals surface area contributed by atoms with Gasteiger partial charge in [0.15, 0.2) is 0 Å². The Kier molecular flexibility index (Phi) is 6.84. The Bertz CT molecular complexity index is 560.